The molecule has 0 bridgehead atoms. The van der Waals surface area contributed by atoms with Gasteiger partial charge in [0.2, 0.25) is 5.75 Å². The molecule has 2 fully saturated rings. The first-order valence-corrected chi connectivity index (χ1v) is 9.24. The van der Waals surface area contributed by atoms with E-state index >= 15 is 0 Å². The van der Waals surface area contributed by atoms with Gasteiger partial charge in [-0.05, 0) is 37.2 Å². The van der Waals surface area contributed by atoms with E-state index in [-0.39, 0.29) is 0 Å². The maximum absolute atomic E-state index is 5.60. The van der Waals surface area contributed by atoms with E-state index in [2.05, 4.69) is 16.3 Å². The summed E-state index contributed by atoms with van der Waals surface area (Å²) in [4.78, 5) is 3.82. The minimum atomic E-state index is 0.619. The van der Waals surface area contributed by atoms with Gasteiger partial charge in [0.1, 0.15) is 6.54 Å². The second kappa shape index (κ2) is 8.10. The van der Waals surface area contributed by atoms with Crippen LogP contribution in [-0.4, -0.2) is 63.6 Å². The quantitative estimate of drug-likeness (QED) is 0.713. The zero-order valence-electron chi connectivity index (χ0n) is 15.3. The highest BCUT2D eigenvalue weighted by atomic mass is 32.1. The van der Waals surface area contributed by atoms with E-state index in [0.29, 0.717) is 17.5 Å². The molecule has 0 radical (unpaired) electrons. The summed E-state index contributed by atoms with van der Waals surface area (Å²) in [6.07, 6.45) is 2.51. The van der Waals surface area contributed by atoms with E-state index in [1.54, 1.807) is 21.3 Å². The number of benzene rings is 1. The number of hydrogen-bond donors (Lipinski definition) is 2. The molecule has 1 heterocycles. The van der Waals surface area contributed by atoms with Crippen molar-refractivity contribution < 1.29 is 19.1 Å². The van der Waals surface area contributed by atoms with E-state index in [4.69, 9.17) is 26.4 Å². The maximum atomic E-state index is 5.60. The van der Waals surface area contributed by atoms with Crippen molar-refractivity contribution in [3.8, 4) is 17.2 Å². The Labute approximate surface area is 155 Å². The average molecular weight is 367 g/mol. The van der Waals surface area contributed by atoms with Gasteiger partial charge < -0.3 is 29.3 Å². The third kappa shape index (κ3) is 4.27. The highest BCUT2D eigenvalue weighted by molar-refractivity contribution is 7.80. The Balaban J connectivity index is 1.60. The molecule has 3 rings (SSSR count). The molecule has 0 unspecified atom stereocenters. The zero-order chi connectivity index (χ0) is 17.8. The fraction of sp³-hybridized carbons (Fsp3) is 0.611. The van der Waals surface area contributed by atoms with Crippen LogP contribution in [-0.2, 0) is 6.54 Å². The first kappa shape index (κ1) is 18.1. The molecule has 138 valence electrons. The molecule has 1 aromatic carbocycles. The van der Waals surface area contributed by atoms with E-state index in [9.17, 15) is 0 Å². The normalized spacial score (nSPS) is 18.0. The molecule has 0 aromatic heterocycles. The summed E-state index contributed by atoms with van der Waals surface area (Å²) in [6.45, 7) is 5.00. The summed E-state index contributed by atoms with van der Waals surface area (Å²) >= 11 is 5.51. The van der Waals surface area contributed by atoms with Gasteiger partial charge in [0.05, 0.1) is 53.1 Å². The second-order valence-electron chi connectivity index (χ2n) is 6.63. The number of methoxy groups -OCH3 is 3. The first-order chi connectivity index (χ1) is 12.2. The lowest BCUT2D eigenvalue weighted by atomic mass is 10.1. The van der Waals surface area contributed by atoms with Gasteiger partial charge >= 0.3 is 0 Å². The van der Waals surface area contributed by atoms with Crippen LogP contribution in [0.1, 0.15) is 18.4 Å². The van der Waals surface area contributed by atoms with Crippen molar-refractivity contribution in [3.63, 3.8) is 0 Å². The Morgan fingerprint density at radius 2 is 1.80 bits per heavy atom. The van der Waals surface area contributed by atoms with Crippen LogP contribution in [0.5, 0.6) is 17.2 Å². The van der Waals surface area contributed by atoms with Gasteiger partial charge in [0.25, 0.3) is 0 Å². The van der Waals surface area contributed by atoms with Crippen LogP contribution in [0.4, 0.5) is 0 Å². The van der Waals surface area contributed by atoms with Gasteiger partial charge in [-0.25, -0.2) is 0 Å². The monoisotopic (exact) mass is 366 g/mol. The Hall–Kier alpha value is -1.73. The molecule has 1 aromatic rings. The number of hydrogen-bond acceptors (Lipinski definition) is 4. The Morgan fingerprint density at radius 3 is 2.36 bits per heavy atom. The van der Waals surface area contributed by atoms with Crippen LogP contribution >= 0.6 is 12.2 Å². The average Bonchev–Trinajstić information content (AvgIpc) is 3.45. The standard InChI is InChI=1S/C18H27N3O3S/c1-22-15-7-4-13(16(23-2)17(15)24-3)12-20-8-10-21(11-9-20)18(25)19-14-5-6-14/h4,7,14H,5-6,8-12H2,1-3H3,(H,19,25)/p+1. The number of nitrogens with one attached hydrogen (secondary N) is 2. The Morgan fingerprint density at radius 1 is 1.12 bits per heavy atom. The lowest BCUT2D eigenvalue weighted by molar-refractivity contribution is -0.917. The smallest absolute Gasteiger partial charge is 0.203 e. The number of rotatable bonds is 6. The van der Waals surface area contributed by atoms with Crippen LogP contribution in [0.15, 0.2) is 12.1 Å². The van der Waals surface area contributed by atoms with Crippen molar-refractivity contribution in [2.45, 2.75) is 25.4 Å². The summed E-state index contributed by atoms with van der Waals surface area (Å²) in [7, 11) is 4.96. The van der Waals surface area contributed by atoms with Gasteiger partial charge in [-0.2, -0.15) is 0 Å². The van der Waals surface area contributed by atoms with E-state index < -0.39 is 0 Å². The molecule has 0 spiro atoms. The van der Waals surface area contributed by atoms with E-state index in [1.807, 2.05) is 6.07 Å². The van der Waals surface area contributed by atoms with Crippen molar-refractivity contribution in [2.75, 3.05) is 47.5 Å². The second-order valence-corrected chi connectivity index (χ2v) is 7.02. The molecule has 1 saturated carbocycles. The molecule has 1 aliphatic heterocycles. The molecule has 0 amide bonds. The van der Waals surface area contributed by atoms with E-state index in [0.717, 1.165) is 49.1 Å². The van der Waals surface area contributed by atoms with Crippen molar-refractivity contribution in [3.05, 3.63) is 17.7 Å². The number of nitrogens with zero attached hydrogens (tertiary/aromatic N) is 1. The largest absolute Gasteiger partial charge is 0.493 e. The molecule has 6 nitrogen and oxygen atoms in total. The minimum Gasteiger partial charge on any atom is -0.493 e. The Kier molecular flexibility index (Phi) is 5.86. The lowest BCUT2D eigenvalue weighted by Gasteiger charge is -2.34. The van der Waals surface area contributed by atoms with E-state index in [1.165, 1.54) is 17.7 Å². The summed E-state index contributed by atoms with van der Waals surface area (Å²) < 4.78 is 16.4. The number of thiocarbonyl (C=S) groups is 1. The third-order valence-corrected chi connectivity index (χ3v) is 5.26. The lowest BCUT2D eigenvalue weighted by Crippen LogP contribution is -3.13. The van der Waals surface area contributed by atoms with Gasteiger partial charge in [-0.3, -0.25) is 0 Å². The molecule has 1 saturated heterocycles. The first-order valence-electron chi connectivity index (χ1n) is 8.83. The SMILES string of the molecule is COc1ccc(C[NH+]2CCN(C(=S)NC3CC3)CC2)c(OC)c1OC. The maximum Gasteiger partial charge on any atom is 0.203 e. The van der Waals surface area contributed by atoms with Crippen molar-refractivity contribution in [2.24, 2.45) is 0 Å². The number of ether oxygens (including phenoxy) is 3. The predicted octanol–water partition coefficient (Wildman–Crippen LogP) is 0.450. The van der Waals surface area contributed by atoms with Crippen LogP contribution in [0.25, 0.3) is 0 Å². The van der Waals surface area contributed by atoms with Gasteiger partial charge in [0, 0.05) is 6.04 Å². The highest BCUT2D eigenvalue weighted by Gasteiger charge is 2.28. The van der Waals surface area contributed by atoms with Crippen LogP contribution in [0.2, 0.25) is 0 Å². The van der Waals surface area contributed by atoms with Gasteiger partial charge in [-0.1, -0.05) is 0 Å². The topological polar surface area (TPSA) is 47.4 Å². The molecule has 1 aliphatic carbocycles. The Bertz CT molecular complexity index is 614. The fourth-order valence-electron chi connectivity index (χ4n) is 3.27. The highest BCUT2D eigenvalue weighted by Crippen LogP contribution is 2.39. The molecular formula is C18H28N3O3S+. The zero-order valence-corrected chi connectivity index (χ0v) is 16.1. The minimum absolute atomic E-state index is 0.619. The number of piperazine rings is 1. The summed E-state index contributed by atoms with van der Waals surface area (Å²) in [5.74, 6) is 2.12. The molecule has 2 N–H and O–H groups in total. The van der Waals surface area contributed by atoms with Crippen molar-refractivity contribution in [1.29, 1.82) is 0 Å². The van der Waals surface area contributed by atoms with Crippen LogP contribution < -0.4 is 24.4 Å². The van der Waals surface area contributed by atoms with Crippen molar-refractivity contribution in [1.82, 2.24) is 10.2 Å². The molecule has 2 aliphatic rings. The molecular weight excluding hydrogens is 338 g/mol. The third-order valence-electron chi connectivity index (χ3n) is 4.89. The summed E-state index contributed by atoms with van der Waals surface area (Å²) in [6, 6.07) is 4.63. The fourth-order valence-corrected chi connectivity index (χ4v) is 3.62. The summed E-state index contributed by atoms with van der Waals surface area (Å²) in [5.41, 5.74) is 1.14. The molecule has 25 heavy (non-hydrogen) atoms. The summed E-state index contributed by atoms with van der Waals surface area (Å²) in [5, 5.41) is 4.35. The van der Waals surface area contributed by atoms with Crippen LogP contribution in [0, 0.1) is 0 Å². The molecule has 7 heteroatoms. The van der Waals surface area contributed by atoms with Crippen molar-refractivity contribution >= 4 is 17.3 Å². The molecule has 0 atom stereocenters. The van der Waals surface area contributed by atoms with Gasteiger partial charge in [-0.15, -0.1) is 0 Å². The van der Waals surface area contributed by atoms with Gasteiger partial charge in [0.15, 0.2) is 16.6 Å². The predicted molar refractivity (Wildman–Crippen MR) is 101 cm³/mol. The van der Waals surface area contributed by atoms with Crippen LogP contribution in [0.3, 0.4) is 0 Å². The number of quaternary nitrogens is 1.